The van der Waals surface area contributed by atoms with E-state index in [9.17, 15) is 18.0 Å². The number of carbonyl (C=O) groups excluding carboxylic acids is 2. The van der Waals surface area contributed by atoms with E-state index in [1.807, 2.05) is 19.2 Å². The van der Waals surface area contributed by atoms with Gasteiger partial charge < -0.3 is 9.80 Å². The Hall–Kier alpha value is -3.56. The van der Waals surface area contributed by atoms with Gasteiger partial charge >= 0.3 is 0 Å². The van der Waals surface area contributed by atoms with Crippen LogP contribution in [0.1, 0.15) is 27.9 Å². The third kappa shape index (κ3) is 6.77. The SMILES string of the molecule is CN1CCN(C(=O)c2ccc(S(=O)(=O)Nc3ccc(CC(=O)CCc4cccnc4)cc3)cc2)CC1. The number of nitrogens with zero attached hydrogens (tertiary/aromatic N) is 3. The van der Waals surface area contributed by atoms with Crippen molar-refractivity contribution < 1.29 is 18.0 Å². The van der Waals surface area contributed by atoms with Crippen LogP contribution in [0.25, 0.3) is 0 Å². The second kappa shape index (κ2) is 11.5. The van der Waals surface area contributed by atoms with Gasteiger partial charge in [-0.1, -0.05) is 18.2 Å². The number of Topliss-reactive ketones (excluding diaryl/α,β-unsaturated/α-hetero) is 1. The molecule has 1 fully saturated rings. The molecule has 1 N–H and O–H groups in total. The number of pyridine rings is 1. The van der Waals surface area contributed by atoms with Crippen LogP contribution >= 0.6 is 0 Å². The number of aromatic nitrogens is 1. The van der Waals surface area contributed by atoms with Gasteiger partial charge in [0, 0.05) is 62.7 Å². The summed E-state index contributed by atoms with van der Waals surface area (Å²) in [6.07, 6.45) is 4.81. The standard InChI is InChI=1S/C27H30N4O4S/c1-30-15-17-31(18-16-30)27(33)23-7-12-26(13-8-23)36(34,35)29-24-9-4-21(5-10-24)19-25(32)11-6-22-3-2-14-28-20-22/h2-5,7-10,12-14,20,29H,6,11,15-19H2,1H3. The van der Waals surface area contributed by atoms with Gasteiger partial charge in [0.25, 0.3) is 15.9 Å². The third-order valence-corrected chi connectivity index (χ3v) is 7.62. The van der Waals surface area contributed by atoms with Crippen molar-refractivity contribution in [2.75, 3.05) is 37.9 Å². The maximum atomic E-state index is 12.8. The Labute approximate surface area is 212 Å². The zero-order valence-corrected chi connectivity index (χ0v) is 21.1. The van der Waals surface area contributed by atoms with Gasteiger partial charge in [-0.25, -0.2) is 8.42 Å². The van der Waals surface area contributed by atoms with E-state index in [2.05, 4.69) is 14.6 Å². The number of nitrogens with one attached hydrogen (secondary N) is 1. The highest BCUT2D eigenvalue weighted by Gasteiger charge is 2.21. The minimum atomic E-state index is -3.82. The van der Waals surface area contributed by atoms with Gasteiger partial charge in [0.2, 0.25) is 0 Å². The Morgan fingerprint density at radius 3 is 2.25 bits per heavy atom. The molecule has 3 aromatic rings. The van der Waals surface area contributed by atoms with Crippen LogP contribution in [0.2, 0.25) is 0 Å². The molecule has 2 heterocycles. The van der Waals surface area contributed by atoms with Crippen molar-refractivity contribution in [3.63, 3.8) is 0 Å². The monoisotopic (exact) mass is 506 g/mol. The van der Waals surface area contributed by atoms with Crippen molar-refractivity contribution in [3.05, 3.63) is 89.7 Å². The van der Waals surface area contributed by atoms with Crippen LogP contribution in [0.5, 0.6) is 0 Å². The maximum Gasteiger partial charge on any atom is 0.261 e. The molecule has 2 aromatic carbocycles. The Bertz CT molecular complexity index is 1290. The highest BCUT2D eigenvalue weighted by Crippen LogP contribution is 2.19. The predicted octanol–water partition coefficient (Wildman–Crippen LogP) is 3.01. The summed E-state index contributed by atoms with van der Waals surface area (Å²) in [5.41, 5.74) is 2.71. The van der Waals surface area contributed by atoms with E-state index in [1.165, 1.54) is 12.1 Å². The predicted molar refractivity (Wildman–Crippen MR) is 138 cm³/mol. The summed E-state index contributed by atoms with van der Waals surface area (Å²) in [6.45, 7) is 2.95. The molecule has 0 saturated carbocycles. The summed E-state index contributed by atoms with van der Waals surface area (Å²) < 4.78 is 28.2. The van der Waals surface area contributed by atoms with Crippen LogP contribution < -0.4 is 4.72 Å². The number of rotatable bonds is 9. The van der Waals surface area contributed by atoms with E-state index in [4.69, 9.17) is 0 Å². The van der Waals surface area contributed by atoms with Crippen LogP contribution in [-0.4, -0.2) is 68.1 Å². The molecule has 0 radical (unpaired) electrons. The fourth-order valence-electron chi connectivity index (χ4n) is 4.02. The molecule has 9 heteroatoms. The summed E-state index contributed by atoms with van der Waals surface area (Å²) in [5, 5.41) is 0. The zero-order chi connectivity index (χ0) is 25.5. The van der Waals surface area contributed by atoms with E-state index < -0.39 is 10.0 Å². The van der Waals surface area contributed by atoms with Crippen molar-refractivity contribution in [2.24, 2.45) is 0 Å². The van der Waals surface area contributed by atoms with Gasteiger partial charge in [-0.2, -0.15) is 0 Å². The van der Waals surface area contributed by atoms with E-state index in [1.54, 1.807) is 53.7 Å². The van der Waals surface area contributed by atoms with E-state index in [-0.39, 0.29) is 23.0 Å². The number of aryl methyl sites for hydroxylation is 1. The van der Waals surface area contributed by atoms with Gasteiger partial charge in [-0.3, -0.25) is 19.3 Å². The van der Waals surface area contributed by atoms with Crippen molar-refractivity contribution in [3.8, 4) is 0 Å². The first kappa shape index (κ1) is 25.5. The number of piperazine rings is 1. The number of likely N-dealkylation sites (N-methyl/N-ethyl adjacent to an activating group) is 1. The molecule has 0 bridgehead atoms. The summed E-state index contributed by atoms with van der Waals surface area (Å²) in [6, 6.07) is 16.6. The molecular weight excluding hydrogens is 476 g/mol. The largest absolute Gasteiger partial charge is 0.336 e. The zero-order valence-electron chi connectivity index (χ0n) is 20.3. The fourth-order valence-corrected chi connectivity index (χ4v) is 5.08. The van der Waals surface area contributed by atoms with Gasteiger partial charge in [-0.15, -0.1) is 0 Å². The lowest BCUT2D eigenvalue weighted by Gasteiger charge is -2.32. The van der Waals surface area contributed by atoms with Crippen LogP contribution in [-0.2, 0) is 27.7 Å². The number of ketones is 1. The molecule has 1 saturated heterocycles. The van der Waals surface area contributed by atoms with E-state index >= 15 is 0 Å². The van der Waals surface area contributed by atoms with Crippen molar-refractivity contribution in [1.82, 2.24) is 14.8 Å². The molecule has 0 atom stereocenters. The molecule has 1 aliphatic rings. The molecule has 1 aliphatic heterocycles. The van der Waals surface area contributed by atoms with Crippen LogP contribution in [0.3, 0.4) is 0 Å². The smallest absolute Gasteiger partial charge is 0.261 e. The third-order valence-electron chi connectivity index (χ3n) is 6.22. The normalized spacial score (nSPS) is 14.4. The summed E-state index contributed by atoms with van der Waals surface area (Å²) in [7, 11) is -1.80. The molecule has 188 valence electrons. The lowest BCUT2D eigenvalue weighted by molar-refractivity contribution is -0.118. The van der Waals surface area contributed by atoms with E-state index in [0.717, 1.165) is 24.2 Å². The van der Waals surface area contributed by atoms with Crippen LogP contribution in [0, 0.1) is 0 Å². The van der Waals surface area contributed by atoms with Crippen LogP contribution in [0.15, 0.2) is 78.0 Å². The lowest BCUT2D eigenvalue weighted by atomic mass is 10.0. The summed E-state index contributed by atoms with van der Waals surface area (Å²) >= 11 is 0. The summed E-state index contributed by atoms with van der Waals surface area (Å²) in [5.74, 6) is 0.0176. The molecule has 8 nitrogen and oxygen atoms in total. The maximum absolute atomic E-state index is 12.8. The van der Waals surface area contributed by atoms with Gasteiger partial charge in [0.15, 0.2) is 0 Å². The first-order valence-corrected chi connectivity index (χ1v) is 13.4. The topological polar surface area (TPSA) is 99.7 Å². The van der Waals surface area contributed by atoms with Gasteiger partial charge in [-0.05, 0) is 67.1 Å². The number of hydrogen-bond acceptors (Lipinski definition) is 6. The average Bonchev–Trinajstić information content (AvgIpc) is 2.89. The average molecular weight is 507 g/mol. The fraction of sp³-hybridized carbons (Fsp3) is 0.296. The second-order valence-electron chi connectivity index (χ2n) is 9.00. The molecule has 4 rings (SSSR count). The Balaban J connectivity index is 1.32. The highest BCUT2D eigenvalue weighted by atomic mass is 32.2. The lowest BCUT2D eigenvalue weighted by Crippen LogP contribution is -2.47. The second-order valence-corrected chi connectivity index (χ2v) is 10.7. The number of anilines is 1. The highest BCUT2D eigenvalue weighted by molar-refractivity contribution is 7.92. The molecule has 0 spiro atoms. The number of sulfonamides is 1. The number of benzene rings is 2. The molecule has 0 unspecified atom stereocenters. The van der Waals surface area contributed by atoms with E-state index in [0.29, 0.717) is 37.2 Å². The molecular formula is C27H30N4O4S. The Kier molecular flexibility index (Phi) is 8.12. The van der Waals surface area contributed by atoms with Crippen LogP contribution in [0.4, 0.5) is 5.69 Å². The number of amides is 1. The van der Waals surface area contributed by atoms with Gasteiger partial charge in [0.05, 0.1) is 4.90 Å². The minimum absolute atomic E-state index is 0.0760. The number of carbonyl (C=O) groups is 2. The summed E-state index contributed by atoms with van der Waals surface area (Å²) in [4.78, 5) is 33.1. The number of hydrogen-bond donors (Lipinski definition) is 1. The first-order valence-electron chi connectivity index (χ1n) is 11.9. The minimum Gasteiger partial charge on any atom is -0.336 e. The first-order chi connectivity index (χ1) is 17.3. The Morgan fingerprint density at radius 1 is 0.917 bits per heavy atom. The molecule has 0 aliphatic carbocycles. The van der Waals surface area contributed by atoms with Crippen molar-refractivity contribution >= 4 is 27.4 Å². The van der Waals surface area contributed by atoms with Crippen molar-refractivity contribution in [2.45, 2.75) is 24.2 Å². The van der Waals surface area contributed by atoms with Crippen molar-refractivity contribution in [1.29, 1.82) is 0 Å². The Morgan fingerprint density at radius 2 is 1.61 bits per heavy atom. The molecule has 1 aromatic heterocycles. The quantitative estimate of drug-likeness (QED) is 0.479. The van der Waals surface area contributed by atoms with Gasteiger partial charge in [0.1, 0.15) is 5.78 Å². The molecule has 36 heavy (non-hydrogen) atoms. The molecule has 1 amide bonds.